The van der Waals surface area contributed by atoms with Crippen LogP contribution in [0.2, 0.25) is 0 Å². The van der Waals surface area contributed by atoms with E-state index in [1.807, 2.05) is 37.3 Å². The highest BCUT2D eigenvalue weighted by Gasteiger charge is 2.36. The molecule has 1 aromatic rings. The van der Waals surface area contributed by atoms with E-state index in [1.54, 1.807) is 0 Å². The van der Waals surface area contributed by atoms with E-state index in [0.29, 0.717) is 30.5 Å². The summed E-state index contributed by atoms with van der Waals surface area (Å²) >= 11 is 0. The van der Waals surface area contributed by atoms with Gasteiger partial charge in [0.15, 0.2) is 5.78 Å². The van der Waals surface area contributed by atoms with E-state index >= 15 is 0 Å². The lowest BCUT2D eigenvalue weighted by Gasteiger charge is -2.31. The number of nitrogens with zero attached hydrogens (tertiary/aromatic N) is 1. The molecule has 0 amide bonds. The molecule has 1 aromatic carbocycles. The van der Waals surface area contributed by atoms with Gasteiger partial charge in [-0.2, -0.15) is 0 Å². The summed E-state index contributed by atoms with van der Waals surface area (Å²) in [5.41, 5.74) is 1.87. The first-order chi connectivity index (χ1) is 9.93. The van der Waals surface area contributed by atoms with Crippen molar-refractivity contribution in [3.05, 3.63) is 41.7 Å². The quantitative estimate of drug-likeness (QED) is 0.643. The van der Waals surface area contributed by atoms with Crippen LogP contribution < -0.4 is 0 Å². The first kappa shape index (κ1) is 15.5. The minimum absolute atomic E-state index is 0.00637. The third-order valence-corrected chi connectivity index (χ3v) is 3.65. The molecule has 21 heavy (non-hydrogen) atoms. The minimum Gasteiger partial charge on any atom is -0.511 e. The van der Waals surface area contributed by atoms with Crippen LogP contribution in [0.3, 0.4) is 0 Å². The molecule has 0 spiro atoms. The zero-order valence-corrected chi connectivity index (χ0v) is 13.0. The van der Waals surface area contributed by atoms with E-state index in [-0.39, 0.29) is 17.0 Å². The number of hydrogen-bond acceptors (Lipinski definition) is 3. The molecule has 1 N–H and O–H groups in total. The third kappa shape index (κ3) is 3.81. The summed E-state index contributed by atoms with van der Waals surface area (Å²) in [5.74, 6) is 0.194. The standard InChI is InChI=1S/C18H23NO2/c1-4-8-15(20)17-14(11-18(2,3)12-16(17)21)19-13-9-6-5-7-10-13/h5-7,9-10,20H,4,8,11-12H2,1-3H3. The van der Waals surface area contributed by atoms with E-state index in [0.717, 1.165) is 12.1 Å². The number of carbonyl (C=O) groups is 1. The van der Waals surface area contributed by atoms with Crippen molar-refractivity contribution < 1.29 is 9.90 Å². The molecule has 112 valence electrons. The Bertz CT molecular complexity index is 582. The van der Waals surface area contributed by atoms with Gasteiger partial charge in [-0.25, -0.2) is 0 Å². The maximum Gasteiger partial charge on any atom is 0.168 e. The Labute approximate surface area is 126 Å². The predicted molar refractivity (Wildman–Crippen MR) is 86.1 cm³/mol. The van der Waals surface area contributed by atoms with Crippen LogP contribution in [0, 0.1) is 5.41 Å². The number of allylic oxidation sites excluding steroid dienone is 2. The average molecular weight is 285 g/mol. The van der Waals surface area contributed by atoms with Crippen LogP contribution >= 0.6 is 0 Å². The van der Waals surface area contributed by atoms with Crippen LogP contribution in [0.15, 0.2) is 46.7 Å². The number of rotatable bonds is 3. The maximum absolute atomic E-state index is 12.4. The summed E-state index contributed by atoms with van der Waals surface area (Å²) in [6.07, 6.45) is 2.50. The first-order valence-corrected chi connectivity index (χ1v) is 7.51. The fourth-order valence-electron chi connectivity index (χ4n) is 2.73. The smallest absolute Gasteiger partial charge is 0.168 e. The topological polar surface area (TPSA) is 49.7 Å². The molecule has 0 aromatic heterocycles. The number of aliphatic hydroxyl groups is 1. The van der Waals surface area contributed by atoms with Gasteiger partial charge in [0.2, 0.25) is 0 Å². The van der Waals surface area contributed by atoms with Gasteiger partial charge in [0.25, 0.3) is 0 Å². The van der Waals surface area contributed by atoms with Crippen molar-refractivity contribution in [2.24, 2.45) is 10.4 Å². The highest BCUT2D eigenvalue weighted by Crippen LogP contribution is 2.36. The molecule has 1 saturated carbocycles. The highest BCUT2D eigenvalue weighted by molar-refractivity contribution is 6.25. The number of aliphatic imine (C=N–C) groups is 1. The lowest BCUT2D eigenvalue weighted by molar-refractivity contribution is -0.117. The predicted octanol–water partition coefficient (Wildman–Crippen LogP) is 4.76. The second-order valence-corrected chi connectivity index (χ2v) is 6.41. The zero-order chi connectivity index (χ0) is 15.5. The Balaban J connectivity index is 2.48. The SMILES string of the molecule is CCCC(O)=C1C(=O)CC(C)(C)CC1=Nc1ccccc1. The second-order valence-electron chi connectivity index (χ2n) is 6.41. The number of carbonyl (C=O) groups excluding carboxylic acids is 1. The summed E-state index contributed by atoms with van der Waals surface area (Å²) < 4.78 is 0. The highest BCUT2D eigenvalue weighted by atomic mass is 16.3. The van der Waals surface area contributed by atoms with Crippen LogP contribution in [0.1, 0.15) is 46.5 Å². The molecular formula is C18H23NO2. The Morgan fingerprint density at radius 2 is 1.90 bits per heavy atom. The number of benzene rings is 1. The van der Waals surface area contributed by atoms with Gasteiger partial charge in [0, 0.05) is 12.8 Å². The van der Waals surface area contributed by atoms with Crippen molar-refractivity contribution >= 4 is 17.2 Å². The molecule has 1 aliphatic carbocycles. The Morgan fingerprint density at radius 3 is 2.52 bits per heavy atom. The molecule has 1 fully saturated rings. The summed E-state index contributed by atoms with van der Waals surface area (Å²) in [6.45, 7) is 6.13. The molecule has 0 aliphatic heterocycles. The molecule has 0 unspecified atom stereocenters. The van der Waals surface area contributed by atoms with Gasteiger partial charge < -0.3 is 5.11 Å². The summed E-state index contributed by atoms with van der Waals surface area (Å²) in [6, 6.07) is 9.60. The third-order valence-electron chi connectivity index (χ3n) is 3.65. The summed E-state index contributed by atoms with van der Waals surface area (Å²) in [7, 11) is 0. The largest absolute Gasteiger partial charge is 0.511 e. The van der Waals surface area contributed by atoms with Crippen molar-refractivity contribution in [2.45, 2.75) is 46.5 Å². The summed E-state index contributed by atoms with van der Waals surface area (Å²) in [5, 5.41) is 10.2. The van der Waals surface area contributed by atoms with E-state index in [9.17, 15) is 9.90 Å². The molecule has 0 heterocycles. The second kappa shape index (κ2) is 6.25. The zero-order valence-electron chi connectivity index (χ0n) is 13.0. The maximum atomic E-state index is 12.4. The van der Waals surface area contributed by atoms with Crippen LogP contribution in [0.5, 0.6) is 0 Å². The summed E-state index contributed by atoms with van der Waals surface area (Å²) in [4.78, 5) is 17.1. The van der Waals surface area contributed by atoms with E-state index in [2.05, 4.69) is 18.8 Å². The van der Waals surface area contributed by atoms with Crippen LogP contribution in [-0.2, 0) is 4.79 Å². The fraction of sp³-hybridized carbons (Fsp3) is 0.444. The van der Waals surface area contributed by atoms with E-state index in [1.165, 1.54) is 0 Å². The number of Topliss-reactive ketones (excluding diaryl/α,β-unsaturated/α-hetero) is 1. The van der Waals surface area contributed by atoms with Gasteiger partial charge in [-0.1, -0.05) is 39.0 Å². The fourth-order valence-corrected chi connectivity index (χ4v) is 2.73. The van der Waals surface area contributed by atoms with Crippen molar-refractivity contribution in [1.29, 1.82) is 0 Å². The number of aliphatic hydroxyl groups excluding tert-OH is 1. The first-order valence-electron chi connectivity index (χ1n) is 7.51. The molecule has 0 radical (unpaired) electrons. The van der Waals surface area contributed by atoms with Crippen LogP contribution in [-0.4, -0.2) is 16.6 Å². The number of hydrogen-bond donors (Lipinski definition) is 1. The normalized spacial score (nSPS) is 22.4. The van der Waals surface area contributed by atoms with E-state index in [4.69, 9.17) is 0 Å². The molecule has 0 atom stereocenters. The monoisotopic (exact) mass is 285 g/mol. The van der Waals surface area contributed by atoms with Gasteiger partial charge in [0.05, 0.1) is 17.0 Å². The van der Waals surface area contributed by atoms with Crippen LogP contribution in [0.25, 0.3) is 0 Å². The number of ketones is 1. The van der Waals surface area contributed by atoms with Crippen LogP contribution in [0.4, 0.5) is 5.69 Å². The molecule has 0 saturated heterocycles. The van der Waals surface area contributed by atoms with Gasteiger partial charge in [0.1, 0.15) is 5.76 Å². The van der Waals surface area contributed by atoms with E-state index < -0.39 is 0 Å². The number of para-hydroxylation sites is 1. The lowest BCUT2D eigenvalue weighted by atomic mass is 9.73. The van der Waals surface area contributed by atoms with Crippen molar-refractivity contribution in [3.8, 4) is 0 Å². The Hall–Kier alpha value is -1.90. The Kier molecular flexibility index (Phi) is 4.61. The molecular weight excluding hydrogens is 262 g/mol. The molecule has 0 bridgehead atoms. The van der Waals surface area contributed by atoms with Crippen molar-refractivity contribution in [3.63, 3.8) is 0 Å². The van der Waals surface area contributed by atoms with Crippen molar-refractivity contribution in [1.82, 2.24) is 0 Å². The van der Waals surface area contributed by atoms with Gasteiger partial charge in [-0.05, 0) is 30.4 Å². The average Bonchev–Trinajstić information content (AvgIpc) is 2.38. The molecule has 1 aliphatic rings. The lowest BCUT2D eigenvalue weighted by Crippen LogP contribution is -2.32. The Morgan fingerprint density at radius 1 is 1.24 bits per heavy atom. The van der Waals surface area contributed by atoms with Gasteiger partial charge in [-0.3, -0.25) is 9.79 Å². The van der Waals surface area contributed by atoms with Gasteiger partial charge >= 0.3 is 0 Å². The van der Waals surface area contributed by atoms with Crippen molar-refractivity contribution in [2.75, 3.05) is 0 Å². The molecule has 2 rings (SSSR count). The molecule has 3 nitrogen and oxygen atoms in total. The minimum atomic E-state index is -0.110. The van der Waals surface area contributed by atoms with Gasteiger partial charge in [-0.15, -0.1) is 0 Å². The molecule has 3 heteroatoms.